The van der Waals surface area contributed by atoms with E-state index < -0.39 is 5.97 Å². The van der Waals surface area contributed by atoms with E-state index in [1.54, 1.807) is 0 Å². The van der Waals surface area contributed by atoms with Gasteiger partial charge in [-0.05, 0) is 0 Å². The molecule has 0 atom stereocenters. The summed E-state index contributed by atoms with van der Waals surface area (Å²) >= 11 is 0. The third-order valence-electron chi connectivity index (χ3n) is 2.79. The van der Waals surface area contributed by atoms with Gasteiger partial charge in [-0.1, -0.05) is 20.8 Å². The number of quaternary nitrogens is 1. The summed E-state index contributed by atoms with van der Waals surface area (Å²) in [7, 11) is 0. The number of carbonyl (C=O) groups excluding carboxylic acids is 2. The SMILES string of the molecule is CC(C)(C)C(=O)N1CC[NH+](CC(=O)[O-])CC1. The summed E-state index contributed by atoms with van der Waals surface area (Å²) in [5.74, 6) is -0.884. The van der Waals surface area contributed by atoms with E-state index in [1.807, 2.05) is 25.7 Å². The Morgan fingerprint density at radius 3 is 2.12 bits per heavy atom. The maximum atomic E-state index is 11.9. The summed E-state index contributed by atoms with van der Waals surface area (Å²) in [6, 6.07) is 0. The number of rotatable bonds is 2. The molecule has 16 heavy (non-hydrogen) atoms. The number of nitrogens with zero attached hydrogens (tertiary/aromatic N) is 1. The minimum atomic E-state index is -1.02. The van der Waals surface area contributed by atoms with Crippen molar-refractivity contribution in [2.45, 2.75) is 20.8 Å². The first-order valence-electron chi connectivity index (χ1n) is 5.63. The first kappa shape index (κ1) is 13.0. The van der Waals surface area contributed by atoms with Crippen LogP contribution in [0, 0.1) is 5.41 Å². The fourth-order valence-electron chi connectivity index (χ4n) is 1.88. The number of aliphatic carboxylic acids is 1. The van der Waals surface area contributed by atoms with Crippen LogP contribution in [0.1, 0.15) is 20.8 Å². The quantitative estimate of drug-likeness (QED) is 0.569. The number of amides is 1. The highest BCUT2D eigenvalue weighted by Gasteiger charge is 2.30. The lowest BCUT2D eigenvalue weighted by atomic mass is 9.94. The second-order valence-corrected chi connectivity index (χ2v) is 5.34. The summed E-state index contributed by atoms with van der Waals surface area (Å²) in [5.41, 5.74) is -0.355. The van der Waals surface area contributed by atoms with Crippen LogP contribution in [0.15, 0.2) is 0 Å². The van der Waals surface area contributed by atoms with Crippen molar-refractivity contribution >= 4 is 11.9 Å². The Kier molecular flexibility index (Phi) is 3.91. The Hall–Kier alpha value is -1.10. The molecule has 0 saturated carbocycles. The molecule has 0 unspecified atom stereocenters. The number of piperazine rings is 1. The number of hydrogen-bond donors (Lipinski definition) is 1. The predicted octanol–water partition coefficient (Wildman–Crippen LogP) is -2.49. The molecule has 1 amide bonds. The normalized spacial score (nSPS) is 18.6. The van der Waals surface area contributed by atoms with Crippen LogP contribution in [0.3, 0.4) is 0 Å². The molecule has 0 radical (unpaired) electrons. The maximum absolute atomic E-state index is 11.9. The van der Waals surface area contributed by atoms with Crippen molar-refractivity contribution in [3.05, 3.63) is 0 Å². The molecule has 0 aromatic rings. The topological polar surface area (TPSA) is 64.9 Å². The highest BCUT2D eigenvalue weighted by molar-refractivity contribution is 5.81. The molecule has 5 heteroatoms. The molecular formula is C11H20N2O3. The minimum absolute atomic E-state index is 0.0392. The molecule has 1 aliphatic heterocycles. The van der Waals surface area contributed by atoms with Gasteiger partial charge >= 0.3 is 0 Å². The van der Waals surface area contributed by atoms with E-state index in [0.29, 0.717) is 26.2 Å². The Morgan fingerprint density at radius 1 is 1.25 bits per heavy atom. The smallest absolute Gasteiger partial charge is 0.228 e. The zero-order valence-corrected chi connectivity index (χ0v) is 10.2. The van der Waals surface area contributed by atoms with Gasteiger partial charge in [-0.25, -0.2) is 0 Å². The van der Waals surface area contributed by atoms with Crippen LogP contribution in [-0.2, 0) is 9.59 Å². The number of nitrogens with one attached hydrogen (secondary N) is 1. The number of hydrogen-bond acceptors (Lipinski definition) is 3. The van der Waals surface area contributed by atoms with E-state index in [9.17, 15) is 14.7 Å². The highest BCUT2D eigenvalue weighted by atomic mass is 16.4. The van der Waals surface area contributed by atoms with Crippen molar-refractivity contribution < 1.29 is 19.6 Å². The van der Waals surface area contributed by atoms with Crippen molar-refractivity contribution in [2.24, 2.45) is 5.41 Å². The van der Waals surface area contributed by atoms with Crippen molar-refractivity contribution in [1.82, 2.24) is 4.90 Å². The van der Waals surface area contributed by atoms with Crippen LogP contribution in [0.25, 0.3) is 0 Å². The summed E-state index contributed by atoms with van der Waals surface area (Å²) in [6.07, 6.45) is 0. The monoisotopic (exact) mass is 228 g/mol. The lowest BCUT2D eigenvalue weighted by Crippen LogP contribution is -3.16. The molecule has 1 N–H and O–H groups in total. The largest absolute Gasteiger partial charge is 0.544 e. The van der Waals surface area contributed by atoms with Gasteiger partial charge in [0.1, 0.15) is 6.54 Å². The Bertz CT molecular complexity index is 275. The summed E-state index contributed by atoms with van der Waals surface area (Å²) < 4.78 is 0. The second-order valence-electron chi connectivity index (χ2n) is 5.34. The van der Waals surface area contributed by atoms with E-state index in [0.717, 1.165) is 4.90 Å². The average Bonchev–Trinajstić information content (AvgIpc) is 2.15. The summed E-state index contributed by atoms with van der Waals surface area (Å²) in [5, 5.41) is 10.4. The molecule has 0 aromatic carbocycles. The molecule has 0 spiro atoms. The Balaban J connectivity index is 2.43. The Morgan fingerprint density at radius 2 is 1.75 bits per heavy atom. The molecule has 1 aliphatic rings. The first-order valence-corrected chi connectivity index (χ1v) is 5.63. The van der Waals surface area contributed by atoms with Crippen LogP contribution in [0.5, 0.6) is 0 Å². The molecule has 0 bridgehead atoms. The van der Waals surface area contributed by atoms with Crippen LogP contribution >= 0.6 is 0 Å². The molecule has 0 aromatic heterocycles. The molecule has 1 saturated heterocycles. The lowest BCUT2D eigenvalue weighted by Gasteiger charge is -2.35. The van der Waals surface area contributed by atoms with E-state index in [2.05, 4.69) is 0 Å². The molecule has 92 valence electrons. The molecule has 5 nitrogen and oxygen atoms in total. The maximum Gasteiger partial charge on any atom is 0.228 e. The van der Waals surface area contributed by atoms with Gasteiger partial charge in [0.25, 0.3) is 0 Å². The second kappa shape index (κ2) is 4.82. The van der Waals surface area contributed by atoms with E-state index in [-0.39, 0.29) is 17.9 Å². The molecule has 0 aliphatic carbocycles. The standard InChI is InChI=1S/C11H20N2O3/c1-11(2,3)10(16)13-6-4-12(5-7-13)8-9(14)15/h4-8H2,1-3H3,(H,14,15). The zero-order valence-electron chi connectivity index (χ0n) is 10.2. The number of carbonyl (C=O) groups is 2. The van der Waals surface area contributed by atoms with Gasteiger partial charge < -0.3 is 19.7 Å². The summed E-state index contributed by atoms with van der Waals surface area (Å²) in [4.78, 5) is 25.2. The molecule has 1 rings (SSSR count). The van der Waals surface area contributed by atoms with Crippen molar-refractivity contribution in [2.75, 3.05) is 32.7 Å². The van der Waals surface area contributed by atoms with Gasteiger partial charge in [-0.2, -0.15) is 0 Å². The van der Waals surface area contributed by atoms with Gasteiger partial charge in [-0.15, -0.1) is 0 Å². The Labute approximate surface area is 96.0 Å². The summed E-state index contributed by atoms with van der Waals surface area (Å²) in [6.45, 7) is 8.39. The minimum Gasteiger partial charge on any atom is -0.544 e. The van der Waals surface area contributed by atoms with E-state index in [4.69, 9.17) is 0 Å². The van der Waals surface area contributed by atoms with E-state index in [1.165, 1.54) is 0 Å². The van der Waals surface area contributed by atoms with Gasteiger partial charge in [0.2, 0.25) is 5.91 Å². The molecule has 1 fully saturated rings. The third-order valence-corrected chi connectivity index (χ3v) is 2.79. The van der Waals surface area contributed by atoms with Crippen molar-refractivity contribution in [3.63, 3.8) is 0 Å². The number of carboxylic acids is 1. The van der Waals surface area contributed by atoms with E-state index >= 15 is 0 Å². The fourth-order valence-corrected chi connectivity index (χ4v) is 1.88. The average molecular weight is 228 g/mol. The first-order chi connectivity index (χ1) is 7.30. The van der Waals surface area contributed by atoms with Crippen molar-refractivity contribution in [3.8, 4) is 0 Å². The fraction of sp³-hybridized carbons (Fsp3) is 0.818. The molecule has 1 heterocycles. The van der Waals surface area contributed by atoms with Gasteiger partial charge in [0.05, 0.1) is 32.1 Å². The van der Waals surface area contributed by atoms with Gasteiger partial charge in [0, 0.05) is 5.41 Å². The lowest BCUT2D eigenvalue weighted by molar-refractivity contribution is -0.898. The van der Waals surface area contributed by atoms with Crippen LogP contribution in [0.4, 0.5) is 0 Å². The third kappa shape index (κ3) is 3.48. The highest BCUT2D eigenvalue weighted by Crippen LogP contribution is 2.16. The van der Waals surface area contributed by atoms with Gasteiger partial charge in [0.15, 0.2) is 0 Å². The van der Waals surface area contributed by atoms with Crippen LogP contribution < -0.4 is 10.0 Å². The van der Waals surface area contributed by atoms with Crippen LogP contribution in [0.2, 0.25) is 0 Å². The molecular weight excluding hydrogens is 208 g/mol. The van der Waals surface area contributed by atoms with Gasteiger partial charge in [-0.3, -0.25) is 4.79 Å². The zero-order chi connectivity index (χ0) is 12.3. The number of carboxylic acid groups (broad SMARTS) is 1. The van der Waals surface area contributed by atoms with Crippen molar-refractivity contribution in [1.29, 1.82) is 0 Å². The predicted molar refractivity (Wildman–Crippen MR) is 56.6 cm³/mol. The van der Waals surface area contributed by atoms with Crippen LogP contribution in [-0.4, -0.2) is 49.5 Å².